The van der Waals surface area contributed by atoms with Gasteiger partial charge in [-0.25, -0.2) is 0 Å². The molecule has 0 atom stereocenters. The van der Waals surface area contributed by atoms with E-state index in [1.165, 1.54) is 6.07 Å². The number of hydrogen-bond acceptors (Lipinski definition) is 2. The largest absolute Gasteiger partial charge is 0.508 e. The van der Waals surface area contributed by atoms with Crippen LogP contribution in [0.1, 0.15) is 31.9 Å². The highest BCUT2D eigenvalue weighted by Gasteiger charge is 2.17. The SMILES string of the molecule is CC(C)(C)c1ccc(O)cc1C#N. The van der Waals surface area contributed by atoms with Crippen LogP contribution in [-0.4, -0.2) is 5.11 Å². The Hall–Kier alpha value is -1.49. The average molecular weight is 175 g/mol. The zero-order chi connectivity index (χ0) is 10.1. The Morgan fingerprint density at radius 3 is 2.38 bits per heavy atom. The minimum absolute atomic E-state index is 0.0568. The van der Waals surface area contributed by atoms with Crippen LogP contribution in [0.3, 0.4) is 0 Å². The number of nitrogens with zero attached hydrogens (tertiary/aromatic N) is 1. The summed E-state index contributed by atoms with van der Waals surface area (Å²) in [5.74, 6) is 0.143. The Labute approximate surface area is 78.4 Å². The first-order valence-electron chi connectivity index (χ1n) is 4.19. The van der Waals surface area contributed by atoms with E-state index in [4.69, 9.17) is 5.26 Å². The topological polar surface area (TPSA) is 44.0 Å². The summed E-state index contributed by atoms with van der Waals surface area (Å²) >= 11 is 0. The van der Waals surface area contributed by atoms with Crippen molar-refractivity contribution >= 4 is 0 Å². The van der Waals surface area contributed by atoms with Gasteiger partial charge in [0.1, 0.15) is 5.75 Å². The summed E-state index contributed by atoms with van der Waals surface area (Å²) in [4.78, 5) is 0. The summed E-state index contributed by atoms with van der Waals surface area (Å²) in [6.07, 6.45) is 0. The molecular formula is C11H13NO. The van der Waals surface area contributed by atoms with E-state index in [0.29, 0.717) is 5.56 Å². The van der Waals surface area contributed by atoms with Crippen LogP contribution in [0.15, 0.2) is 18.2 Å². The molecule has 0 heterocycles. The molecule has 0 radical (unpaired) electrons. The summed E-state index contributed by atoms with van der Waals surface area (Å²) in [6, 6.07) is 7.00. The van der Waals surface area contributed by atoms with E-state index in [-0.39, 0.29) is 11.2 Å². The molecule has 0 spiro atoms. The van der Waals surface area contributed by atoms with Gasteiger partial charge in [0, 0.05) is 0 Å². The number of aromatic hydroxyl groups is 1. The van der Waals surface area contributed by atoms with E-state index in [9.17, 15) is 5.11 Å². The molecule has 13 heavy (non-hydrogen) atoms. The molecule has 2 heteroatoms. The Morgan fingerprint density at radius 2 is 1.92 bits per heavy atom. The lowest BCUT2D eigenvalue weighted by atomic mass is 9.84. The van der Waals surface area contributed by atoms with Gasteiger partial charge in [-0.15, -0.1) is 0 Å². The highest BCUT2D eigenvalue weighted by atomic mass is 16.3. The van der Waals surface area contributed by atoms with Gasteiger partial charge in [0.25, 0.3) is 0 Å². The Morgan fingerprint density at radius 1 is 1.31 bits per heavy atom. The van der Waals surface area contributed by atoms with Crippen LogP contribution in [0.25, 0.3) is 0 Å². The molecule has 0 aliphatic heterocycles. The van der Waals surface area contributed by atoms with Crippen molar-refractivity contribution in [1.82, 2.24) is 0 Å². The molecule has 0 amide bonds. The molecule has 1 aromatic rings. The first-order valence-corrected chi connectivity index (χ1v) is 4.19. The fourth-order valence-corrected chi connectivity index (χ4v) is 1.28. The summed E-state index contributed by atoms with van der Waals surface area (Å²) in [5, 5.41) is 18.0. The molecule has 68 valence electrons. The van der Waals surface area contributed by atoms with Crippen LogP contribution in [0.5, 0.6) is 5.75 Å². The predicted octanol–water partition coefficient (Wildman–Crippen LogP) is 2.56. The predicted molar refractivity (Wildman–Crippen MR) is 51.5 cm³/mol. The third-order valence-corrected chi connectivity index (χ3v) is 1.93. The Balaban J connectivity index is 3.32. The van der Waals surface area contributed by atoms with Crippen molar-refractivity contribution in [3.05, 3.63) is 29.3 Å². The van der Waals surface area contributed by atoms with E-state index < -0.39 is 0 Å². The monoisotopic (exact) mass is 175 g/mol. The first-order chi connectivity index (χ1) is 5.95. The van der Waals surface area contributed by atoms with Gasteiger partial charge in [-0.1, -0.05) is 26.8 Å². The number of nitriles is 1. The minimum atomic E-state index is -0.0568. The molecule has 0 aliphatic carbocycles. The molecule has 1 rings (SSSR count). The van der Waals surface area contributed by atoms with E-state index in [0.717, 1.165) is 5.56 Å². The van der Waals surface area contributed by atoms with Crippen molar-refractivity contribution < 1.29 is 5.11 Å². The van der Waals surface area contributed by atoms with E-state index >= 15 is 0 Å². The first kappa shape index (κ1) is 9.60. The lowest BCUT2D eigenvalue weighted by molar-refractivity contribution is 0.473. The van der Waals surface area contributed by atoms with Crippen molar-refractivity contribution in [2.45, 2.75) is 26.2 Å². The number of benzene rings is 1. The number of rotatable bonds is 0. The lowest BCUT2D eigenvalue weighted by Gasteiger charge is -2.20. The highest BCUT2D eigenvalue weighted by Crippen LogP contribution is 2.27. The normalized spacial score (nSPS) is 10.9. The summed E-state index contributed by atoms with van der Waals surface area (Å²) in [5.41, 5.74) is 1.46. The summed E-state index contributed by atoms with van der Waals surface area (Å²) < 4.78 is 0. The summed E-state index contributed by atoms with van der Waals surface area (Å²) in [7, 11) is 0. The second-order valence-corrected chi connectivity index (χ2v) is 4.09. The average Bonchev–Trinajstić information content (AvgIpc) is 2.01. The van der Waals surface area contributed by atoms with Crippen molar-refractivity contribution in [2.24, 2.45) is 0 Å². The van der Waals surface area contributed by atoms with Gasteiger partial charge in [-0.05, 0) is 23.1 Å². The van der Waals surface area contributed by atoms with Crippen LogP contribution >= 0.6 is 0 Å². The number of phenolic OH excluding ortho intramolecular Hbond substituents is 1. The minimum Gasteiger partial charge on any atom is -0.508 e. The van der Waals surface area contributed by atoms with Crippen LogP contribution in [0.2, 0.25) is 0 Å². The molecule has 0 aromatic heterocycles. The van der Waals surface area contributed by atoms with Gasteiger partial charge in [0.05, 0.1) is 11.6 Å². The standard InChI is InChI=1S/C11H13NO/c1-11(2,3)10-5-4-9(13)6-8(10)7-12/h4-6,13H,1-3H3. The van der Waals surface area contributed by atoms with Crippen LogP contribution in [-0.2, 0) is 5.41 Å². The molecule has 0 saturated carbocycles. The molecule has 0 bridgehead atoms. The van der Waals surface area contributed by atoms with Crippen molar-refractivity contribution in [3.8, 4) is 11.8 Å². The number of hydrogen-bond donors (Lipinski definition) is 1. The zero-order valence-corrected chi connectivity index (χ0v) is 8.13. The molecular weight excluding hydrogens is 162 g/mol. The fourth-order valence-electron chi connectivity index (χ4n) is 1.28. The maximum atomic E-state index is 9.18. The van der Waals surface area contributed by atoms with Gasteiger partial charge < -0.3 is 5.11 Å². The van der Waals surface area contributed by atoms with Crippen LogP contribution in [0.4, 0.5) is 0 Å². The lowest BCUT2D eigenvalue weighted by Crippen LogP contribution is -2.12. The van der Waals surface area contributed by atoms with Crippen molar-refractivity contribution in [1.29, 1.82) is 5.26 Å². The van der Waals surface area contributed by atoms with Crippen molar-refractivity contribution in [2.75, 3.05) is 0 Å². The third kappa shape index (κ3) is 2.00. The Bertz CT molecular complexity index is 355. The molecule has 0 fully saturated rings. The molecule has 1 aromatic carbocycles. The molecule has 0 saturated heterocycles. The van der Waals surface area contributed by atoms with E-state index in [2.05, 4.69) is 6.07 Å². The summed E-state index contributed by atoms with van der Waals surface area (Å²) in [6.45, 7) is 6.13. The van der Waals surface area contributed by atoms with Gasteiger partial charge in [-0.2, -0.15) is 5.26 Å². The van der Waals surface area contributed by atoms with Gasteiger partial charge in [-0.3, -0.25) is 0 Å². The van der Waals surface area contributed by atoms with Crippen LogP contribution in [0, 0.1) is 11.3 Å². The second kappa shape index (κ2) is 3.10. The smallest absolute Gasteiger partial charge is 0.116 e. The Kier molecular flexibility index (Phi) is 2.29. The van der Waals surface area contributed by atoms with Crippen LogP contribution < -0.4 is 0 Å². The second-order valence-electron chi connectivity index (χ2n) is 4.09. The van der Waals surface area contributed by atoms with E-state index in [1.54, 1.807) is 12.1 Å². The van der Waals surface area contributed by atoms with E-state index in [1.807, 2.05) is 20.8 Å². The van der Waals surface area contributed by atoms with Gasteiger partial charge >= 0.3 is 0 Å². The zero-order valence-electron chi connectivity index (χ0n) is 8.13. The molecule has 1 N–H and O–H groups in total. The molecule has 2 nitrogen and oxygen atoms in total. The quantitative estimate of drug-likeness (QED) is 0.658. The maximum absolute atomic E-state index is 9.18. The third-order valence-electron chi connectivity index (χ3n) is 1.93. The van der Waals surface area contributed by atoms with Gasteiger partial charge in [0.15, 0.2) is 0 Å². The molecule has 0 unspecified atom stereocenters. The van der Waals surface area contributed by atoms with Gasteiger partial charge in [0.2, 0.25) is 0 Å². The highest BCUT2D eigenvalue weighted by molar-refractivity contribution is 5.45. The number of phenols is 1. The fraction of sp³-hybridized carbons (Fsp3) is 0.364. The van der Waals surface area contributed by atoms with Crippen molar-refractivity contribution in [3.63, 3.8) is 0 Å². The maximum Gasteiger partial charge on any atom is 0.116 e. The molecule has 0 aliphatic rings.